The van der Waals surface area contributed by atoms with Gasteiger partial charge < -0.3 is 4.74 Å². The van der Waals surface area contributed by atoms with Crippen molar-refractivity contribution in [1.29, 1.82) is 0 Å². The van der Waals surface area contributed by atoms with E-state index in [1.807, 2.05) is 47.0 Å². The lowest BCUT2D eigenvalue weighted by molar-refractivity contribution is 0.415. The Hall–Kier alpha value is -1.71. The number of ether oxygens (including phenoxy) is 1. The molecule has 0 saturated carbocycles. The first kappa shape index (κ1) is 13.3. The summed E-state index contributed by atoms with van der Waals surface area (Å²) >= 11 is 12.3. The van der Waals surface area contributed by atoms with Gasteiger partial charge in [-0.3, -0.25) is 4.57 Å². The molecule has 0 aliphatic carbocycles. The first-order valence-electron chi connectivity index (χ1n) is 6.11. The normalized spacial score (nSPS) is 10.9. The third-order valence-electron chi connectivity index (χ3n) is 3.14. The van der Waals surface area contributed by atoms with Gasteiger partial charge in [-0.1, -0.05) is 23.7 Å². The van der Waals surface area contributed by atoms with Crippen LogP contribution in [0.5, 0.6) is 5.75 Å². The summed E-state index contributed by atoms with van der Waals surface area (Å²) in [6.45, 7) is 0. The van der Waals surface area contributed by atoms with Crippen LogP contribution in [-0.2, 0) is 5.88 Å². The minimum absolute atomic E-state index is 0.308. The molecule has 0 fully saturated rings. The standard InChI is InChI=1S/C15H12Cl2N2O/c1-20-10-6-7-14-12(8-10)18-15(9-16)19(14)13-5-3-2-4-11(13)17/h2-8H,9H2,1H3. The van der Waals surface area contributed by atoms with E-state index < -0.39 is 0 Å². The molecule has 0 aliphatic heterocycles. The van der Waals surface area contributed by atoms with Crippen LogP contribution in [0.3, 0.4) is 0 Å². The molecule has 0 saturated heterocycles. The topological polar surface area (TPSA) is 27.1 Å². The van der Waals surface area contributed by atoms with Crippen molar-refractivity contribution in [2.24, 2.45) is 0 Å². The van der Waals surface area contributed by atoms with Crippen LogP contribution in [0.15, 0.2) is 42.5 Å². The van der Waals surface area contributed by atoms with E-state index in [0.717, 1.165) is 28.3 Å². The molecule has 0 aliphatic rings. The van der Waals surface area contributed by atoms with E-state index in [1.54, 1.807) is 7.11 Å². The van der Waals surface area contributed by atoms with Crippen LogP contribution in [0.25, 0.3) is 16.7 Å². The summed E-state index contributed by atoms with van der Waals surface area (Å²) in [6.07, 6.45) is 0. The third-order valence-corrected chi connectivity index (χ3v) is 3.70. The second-order valence-electron chi connectivity index (χ2n) is 4.30. The summed E-state index contributed by atoms with van der Waals surface area (Å²) in [6, 6.07) is 13.4. The van der Waals surface area contributed by atoms with Crippen molar-refractivity contribution >= 4 is 34.2 Å². The summed E-state index contributed by atoms with van der Waals surface area (Å²) in [5.74, 6) is 1.83. The number of rotatable bonds is 3. The van der Waals surface area contributed by atoms with Gasteiger partial charge in [0.2, 0.25) is 0 Å². The molecule has 0 unspecified atom stereocenters. The van der Waals surface area contributed by atoms with Crippen LogP contribution in [0, 0.1) is 0 Å². The van der Waals surface area contributed by atoms with E-state index in [-0.39, 0.29) is 0 Å². The average molecular weight is 307 g/mol. The van der Waals surface area contributed by atoms with E-state index in [9.17, 15) is 0 Å². The summed E-state index contributed by atoms with van der Waals surface area (Å²) in [5.41, 5.74) is 2.66. The molecule has 0 amide bonds. The molecule has 0 N–H and O–H groups in total. The maximum atomic E-state index is 6.29. The van der Waals surface area contributed by atoms with Crippen molar-refractivity contribution in [1.82, 2.24) is 9.55 Å². The number of imidazole rings is 1. The first-order chi connectivity index (χ1) is 9.74. The second-order valence-corrected chi connectivity index (χ2v) is 4.98. The molecule has 102 valence electrons. The number of nitrogens with zero attached hydrogens (tertiary/aromatic N) is 2. The zero-order valence-corrected chi connectivity index (χ0v) is 12.3. The summed E-state index contributed by atoms with van der Waals surface area (Å²) in [7, 11) is 1.63. The highest BCUT2D eigenvalue weighted by Crippen LogP contribution is 2.29. The molecule has 2 aromatic carbocycles. The van der Waals surface area contributed by atoms with E-state index in [4.69, 9.17) is 27.9 Å². The molecule has 3 rings (SSSR count). The number of benzene rings is 2. The van der Waals surface area contributed by atoms with Crippen LogP contribution < -0.4 is 4.74 Å². The van der Waals surface area contributed by atoms with Gasteiger partial charge in [0.15, 0.2) is 0 Å². The predicted octanol–water partition coefficient (Wildman–Crippen LogP) is 4.43. The Labute approximate surface area is 126 Å². The lowest BCUT2D eigenvalue weighted by Gasteiger charge is -2.09. The predicted molar refractivity (Wildman–Crippen MR) is 82.2 cm³/mol. The van der Waals surface area contributed by atoms with Crippen LogP contribution in [0.1, 0.15) is 5.82 Å². The van der Waals surface area contributed by atoms with E-state index in [0.29, 0.717) is 10.9 Å². The van der Waals surface area contributed by atoms with Gasteiger partial charge in [-0.05, 0) is 24.3 Å². The van der Waals surface area contributed by atoms with Crippen LogP contribution in [0.2, 0.25) is 5.02 Å². The largest absolute Gasteiger partial charge is 0.497 e. The molecule has 20 heavy (non-hydrogen) atoms. The lowest BCUT2D eigenvalue weighted by Crippen LogP contribution is -1.99. The number of alkyl halides is 1. The number of halogens is 2. The first-order valence-corrected chi connectivity index (χ1v) is 7.02. The zero-order chi connectivity index (χ0) is 14.1. The number of aromatic nitrogens is 2. The van der Waals surface area contributed by atoms with Crippen molar-refractivity contribution in [3.63, 3.8) is 0 Å². The molecule has 1 aromatic heterocycles. The maximum Gasteiger partial charge on any atom is 0.129 e. The van der Waals surface area contributed by atoms with Gasteiger partial charge >= 0.3 is 0 Å². The third kappa shape index (κ3) is 2.13. The molecule has 0 bridgehead atoms. The van der Waals surface area contributed by atoms with E-state index in [2.05, 4.69) is 4.98 Å². The number of hydrogen-bond acceptors (Lipinski definition) is 2. The Kier molecular flexibility index (Phi) is 3.55. The fourth-order valence-corrected chi connectivity index (χ4v) is 2.63. The van der Waals surface area contributed by atoms with Crippen molar-refractivity contribution in [3.8, 4) is 11.4 Å². The monoisotopic (exact) mass is 306 g/mol. The fourth-order valence-electron chi connectivity index (χ4n) is 2.23. The van der Waals surface area contributed by atoms with Gasteiger partial charge in [-0.25, -0.2) is 4.98 Å². The molecule has 0 radical (unpaired) electrons. The Bertz CT molecular complexity index is 768. The molecule has 0 spiro atoms. The van der Waals surface area contributed by atoms with E-state index in [1.165, 1.54) is 0 Å². The number of hydrogen-bond donors (Lipinski definition) is 0. The second kappa shape index (κ2) is 5.35. The van der Waals surface area contributed by atoms with Crippen molar-refractivity contribution < 1.29 is 4.74 Å². The Morgan fingerprint density at radius 1 is 1.20 bits per heavy atom. The average Bonchev–Trinajstić information content (AvgIpc) is 2.85. The SMILES string of the molecule is COc1ccc2c(c1)nc(CCl)n2-c1ccccc1Cl. The summed E-state index contributed by atoms with van der Waals surface area (Å²) in [4.78, 5) is 4.55. The molecular weight excluding hydrogens is 295 g/mol. The van der Waals surface area contributed by atoms with E-state index >= 15 is 0 Å². The van der Waals surface area contributed by atoms with Crippen molar-refractivity contribution in [2.75, 3.05) is 7.11 Å². The Morgan fingerprint density at radius 2 is 2.00 bits per heavy atom. The number of para-hydroxylation sites is 1. The minimum Gasteiger partial charge on any atom is -0.497 e. The Balaban J connectivity index is 2.31. The molecule has 3 nitrogen and oxygen atoms in total. The van der Waals surface area contributed by atoms with Crippen LogP contribution in [0.4, 0.5) is 0 Å². The van der Waals surface area contributed by atoms with Crippen LogP contribution in [-0.4, -0.2) is 16.7 Å². The molecule has 1 heterocycles. The fraction of sp³-hybridized carbons (Fsp3) is 0.133. The number of fused-ring (bicyclic) bond motifs is 1. The summed E-state index contributed by atoms with van der Waals surface area (Å²) < 4.78 is 7.20. The molecule has 5 heteroatoms. The molecular formula is C15H12Cl2N2O. The van der Waals surface area contributed by atoms with Gasteiger partial charge in [0.1, 0.15) is 11.6 Å². The number of methoxy groups -OCH3 is 1. The summed E-state index contributed by atoms with van der Waals surface area (Å²) in [5, 5.41) is 0.661. The quantitative estimate of drug-likeness (QED) is 0.669. The van der Waals surface area contributed by atoms with Crippen LogP contribution >= 0.6 is 23.2 Å². The highest BCUT2D eigenvalue weighted by Gasteiger charge is 2.14. The highest BCUT2D eigenvalue weighted by molar-refractivity contribution is 6.32. The van der Waals surface area contributed by atoms with Gasteiger partial charge in [0, 0.05) is 6.07 Å². The zero-order valence-electron chi connectivity index (χ0n) is 10.8. The van der Waals surface area contributed by atoms with Gasteiger partial charge in [-0.2, -0.15) is 0 Å². The van der Waals surface area contributed by atoms with Crippen molar-refractivity contribution in [3.05, 3.63) is 53.3 Å². The molecule has 3 aromatic rings. The maximum absolute atomic E-state index is 6.29. The van der Waals surface area contributed by atoms with Crippen molar-refractivity contribution in [2.45, 2.75) is 5.88 Å². The minimum atomic E-state index is 0.308. The Morgan fingerprint density at radius 3 is 2.70 bits per heavy atom. The molecule has 0 atom stereocenters. The van der Waals surface area contributed by atoms with Gasteiger partial charge in [0.05, 0.1) is 34.7 Å². The lowest BCUT2D eigenvalue weighted by atomic mass is 10.2. The van der Waals surface area contributed by atoms with Gasteiger partial charge in [-0.15, -0.1) is 11.6 Å². The smallest absolute Gasteiger partial charge is 0.129 e. The highest BCUT2D eigenvalue weighted by atomic mass is 35.5. The van der Waals surface area contributed by atoms with Gasteiger partial charge in [0.25, 0.3) is 0 Å².